The number of aromatic hydroxyl groups is 1. The van der Waals surface area contributed by atoms with Crippen molar-refractivity contribution >= 4 is 5.97 Å². The summed E-state index contributed by atoms with van der Waals surface area (Å²) >= 11 is 0. The Morgan fingerprint density at radius 3 is 2.42 bits per heavy atom. The van der Waals surface area contributed by atoms with Crippen LogP contribution in [0.1, 0.15) is 22.8 Å². The van der Waals surface area contributed by atoms with Crippen LogP contribution in [0.2, 0.25) is 0 Å². The third-order valence-corrected chi connectivity index (χ3v) is 2.89. The molecule has 2 N–H and O–H groups in total. The first-order valence-corrected chi connectivity index (χ1v) is 5.82. The van der Waals surface area contributed by atoms with Crippen LogP contribution in [0.15, 0.2) is 41.3 Å². The van der Waals surface area contributed by atoms with E-state index in [1.807, 2.05) is 0 Å². The van der Waals surface area contributed by atoms with E-state index in [1.165, 1.54) is 10.8 Å². The van der Waals surface area contributed by atoms with Gasteiger partial charge in [0, 0.05) is 17.4 Å². The van der Waals surface area contributed by atoms with Crippen molar-refractivity contribution in [1.82, 2.24) is 4.57 Å². The van der Waals surface area contributed by atoms with Crippen LogP contribution in [-0.2, 0) is 6.42 Å². The van der Waals surface area contributed by atoms with Crippen molar-refractivity contribution in [2.24, 2.45) is 0 Å². The highest BCUT2D eigenvalue weighted by molar-refractivity contribution is 5.90. The molecule has 19 heavy (non-hydrogen) atoms. The van der Waals surface area contributed by atoms with E-state index in [0.29, 0.717) is 17.7 Å². The molecule has 0 aliphatic rings. The second-order valence-electron chi connectivity index (χ2n) is 4.05. The molecule has 5 nitrogen and oxygen atoms in total. The van der Waals surface area contributed by atoms with Gasteiger partial charge in [0.2, 0.25) is 0 Å². The predicted molar refractivity (Wildman–Crippen MR) is 70.0 cm³/mol. The summed E-state index contributed by atoms with van der Waals surface area (Å²) in [5.41, 5.74) is -0.359. The van der Waals surface area contributed by atoms with E-state index in [4.69, 9.17) is 5.11 Å². The Morgan fingerprint density at radius 1 is 1.26 bits per heavy atom. The van der Waals surface area contributed by atoms with E-state index < -0.39 is 22.8 Å². The van der Waals surface area contributed by atoms with E-state index in [2.05, 4.69) is 0 Å². The number of hydrogen-bond donors (Lipinski definition) is 2. The first kappa shape index (κ1) is 12.9. The van der Waals surface area contributed by atoms with Gasteiger partial charge < -0.3 is 10.2 Å². The molecule has 98 valence electrons. The molecule has 0 spiro atoms. The van der Waals surface area contributed by atoms with Gasteiger partial charge in [0.05, 0.1) is 0 Å². The quantitative estimate of drug-likeness (QED) is 0.880. The molecule has 0 atom stereocenters. The van der Waals surface area contributed by atoms with E-state index in [-0.39, 0.29) is 0 Å². The number of aryl methyl sites for hydroxylation is 1. The van der Waals surface area contributed by atoms with E-state index >= 15 is 0 Å². The van der Waals surface area contributed by atoms with Gasteiger partial charge in [-0.05, 0) is 18.6 Å². The molecule has 2 rings (SSSR count). The van der Waals surface area contributed by atoms with E-state index in [0.717, 1.165) is 0 Å². The minimum atomic E-state index is -1.43. The lowest BCUT2D eigenvalue weighted by Crippen LogP contribution is -2.25. The lowest BCUT2D eigenvalue weighted by molar-refractivity contribution is 0.0691. The number of pyridine rings is 1. The molecule has 0 bridgehead atoms. The second-order valence-corrected chi connectivity index (χ2v) is 4.05. The van der Waals surface area contributed by atoms with Crippen molar-refractivity contribution in [3.8, 4) is 11.4 Å². The standard InChI is InChI=1S/C14H13NO4/c1-2-9-8-15(10-6-4-3-5-7-10)13(17)11(12(9)16)14(18)19/h3-8,16H,2H2,1H3,(H,18,19). The van der Waals surface area contributed by atoms with Gasteiger partial charge in [-0.25, -0.2) is 4.79 Å². The molecule has 2 aromatic rings. The number of aromatic nitrogens is 1. The molecule has 1 aromatic heterocycles. The van der Waals surface area contributed by atoms with Crippen LogP contribution >= 0.6 is 0 Å². The van der Waals surface area contributed by atoms with Gasteiger partial charge in [-0.15, -0.1) is 0 Å². The highest BCUT2D eigenvalue weighted by Crippen LogP contribution is 2.21. The molecule has 0 saturated heterocycles. The van der Waals surface area contributed by atoms with Crippen LogP contribution in [0.4, 0.5) is 0 Å². The van der Waals surface area contributed by atoms with Crippen LogP contribution in [0.25, 0.3) is 5.69 Å². The third kappa shape index (κ3) is 2.22. The van der Waals surface area contributed by atoms with Gasteiger partial charge in [0.1, 0.15) is 5.75 Å². The summed E-state index contributed by atoms with van der Waals surface area (Å²) in [5, 5.41) is 18.9. The number of nitrogens with zero attached hydrogens (tertiary/aromatic N) is 1. The summed E-state index contributed by atoms with van der Waals surface area (Å²) in [5.74, 6) is -1.88. The van der Waals surface area contributed by atoms with Crippen molar-refractivity contribution in [3.63, 3.8) is 0 Å². The molecule has 0 saturated carbocycles. The Morgan fingerprint density at radius 2 is 1.89 bits per heavy atom. The monoisotopic (exact) mass is 259 g/mol. The minimum absolute atomic E-state index is 0.417. The Balaban J connectivity index is 2.80. The molecule has 1 aromatic carbocycles. The van der Waals surface area contributed by atoms with Crippen molar-refractivity contribution in [2.75, 3.05) is 0 Å². The highest BCUT2D eigenvalue weighted by Gasteiger charge is 2.20. The van der Waals surface area contributed by atoms with Gasteiger partial charge in [0.25, 0.3) is 5.56 Å². The van der Waals surface area contributed by atoms with Crippen molar-refractivity contribution in [2.45, 2.75) is 13.3 Å². The van der Waals surface area contributed by atoms with Gasteiger partial charge >= 0.3 is 5.97 Å². The normalized spacial score (nSPS) is 10.4. The van der Waals surface area contributed by atoms with Crippen molar-refractivity contribution < 1.29 is 15.0 Å². The van der Waals surface area contributed by atoms with Crippen LogP contribution in [0.3, 0.4) is 0 Å². The van der Waals surface area contributed by atoms with Crippen LogP contribution in [0.5, 0.6) is 5.75 Å². The van der Waals surface area contributed by atoms with Crippen LogP contribution in [0, 0.1) is 0 Å². The summed E-state index contributed by atoms with van der Waals surface area (Å²) < 4.78 is 1.24. The maximum Gasteiger partial charge on any atom is 0.345 e. The Hall–Kier alpha value is -2.56. The molecule has 1 heterocycles. The summed E-state index contributed by atoms with van der Waals surface area (Å²) in [4.78, 5) is 23.2. The van der Waals surface area contributed by atoms with Gasteiger partial charge in [0.15, 0.2) is 5.56 Å². The number of carboxylic acids is 1. The number of rotatable bonds is 3. The summed E-state index contributed by atoms with van der Waals surface area (Å²) in [6.07, 6.45) is 1.90. The molecule has 0 radical (unpaired) electrons. The lowest BCUT2D eigenvalue weighted by atomic mass is 10.1. The van der Waals surface area contributed by atoms with Gasteiger partial charge in [-0.3, -0.25) is 9.36 Å². The molecule has 0 unspecified atom stereocenters. The molecule has 0 aliphatic heterocycles. The number of carbonyl (C=O) groups is 1. The number of benzene rings is 1. The first-order valence-electron chi connectivity index (χ1n) is 5.82. The minimum Gasteiger partial charge on any atom is -0.506 e. The zero-order chi connectivity index (χ0) is 14.0. The smallest absolute Gasteiger partial charge is 0.345 e. The Bertz CT molecular complexity index is 674. The molecular weight excluding hydrogens is 246 g/mol. The molecule has 0 aliphatic carbocycles. The lowest BCUT2D eigenvalue weighted by Gasteiger charge is -2.11. The molecular formula is C14H13NO4. The average molecular weight is 259 g/mol. The van der Waals surface area contributed by atoms with Crippen LogP contribution < -0.4 is 5.56 Å². The number of aromatic carboxylic acids is 1. The van der Waals surface area contributed by atoms with Crippen molar-refractivity contribution in [1.29, 1.82) is 0 Å². The van der Waals surface area contributed by atoms with Crippen LogP contribution in [-0.4, -0.2) is 20.7 Å². The van der Waals surface area contributed by atoms with E-state index in [1.54, 1.807) is 37.3 Å². The highest BCUT2D eigenvalue weighted by atomic mass is 16.4. The molecule has 0 fully saturated rings. The second kappa shape index (κ2) is 4.97. The zero-order valence-electron chi connectivity index (χ0n) is 10.3. The number of hydrogen-bond acceptors (Lipinski definition) is 3. The Labute approximate surface area is 109 Å². The summed E-state index contributed by atoms with van der Waals surface area (Å²) in [7, 11) is 0. The number of para-hydroxylation sites is 1. The third-order valence-electron chi connectivity index (χ3n) is 2.89. The first-order chi connectivity index (χ1) is 9.06. The summed E-state index contributed by atoms with van der Waals surface area (Å²) in [6, 6.07) is 8.70. The fourth-order valence-electron chi connectivity index (χ4n) is 1.89. The SMILES string of the molecule is CCc1cn(-c2ccccc2)c(=O)c(C(=O)O)c1O. The molecule has 0 amide bonds. The van der Waals surface area contributed by atoms with Gasteiger partial charge in [-0.2, -0.15) is 0 Å². The van der Waals surface area contributed by atoms with Crippen molar-refractivity contribution in [3.05, 3.63) is 58.0 Å². The average Bonchev–Trinajstić information content (AvgIpc) is 2.39. The number of carboxylic acid groups (broad SMARTS) is 1. The summed E-state index contributed by atoms with van der Waals surface area (Å²) in [6.45, 7) is 1.78. The fourth-order valence-corrected chi connectivity index (χ4v) is 1.89. The fraction of sp³-hybridized carbons (Fsp3) is 0.143. The largest absolute Gasteiger partial charge is 0.506 e. The molecule has 5 heteroatoms. The predicted octanol–water partition coefficient (Wildman–Crippen LogP) is 1.80. The van der Waals surface area contributed by atoms with Gasteiger partial charge in [-0.1, -0.05) is 25.1 Å². The topological polar surface area (TPSA) is 79.5 Å². The maximum absolute atomic E-state index is 12.1. The Kier molecular flexibility index (Phi) is 3.37. The zero-order valence-corrected chi connectivity index (χ0v) is 10.3. The van der Waals surface area contributed by atoms with E-state index in [9.17, 15) is 14.7 Å². The maximum atomic E-state index is 12.1.